The molecule has 44 heavy (non-hydrogen) atoms. The number of halogens is 2. The number of carbonyl (C=O) groups is 1. The van der Waals surface area contributed by atoms with Gasteiger partial charge >= 0.3 is 6.03 Å². The van der Waals surface area contributed by atoms with Crippen molar-refractivity contribution in [2.45, 2.75) is 64.9 Å². The molecule has 2 amide bonds. The summed E-state index contributed by atoms with van der Waals surface area (Å²) in [6, 6.07) is 20.8. The van der Waals surface area contributed by atoms with Crippen LogP contribution in [0.3, 0.4) is 0 Å². The van der Waals surface area contributed by atoms with E-state index in [0.29, 0.717) is 29.3 Å². The Balaban J connectivity index is 1.32. The first-order valence-corrected chi connectivity index (χ1v) is 15.2. The largest absolute Gasteiger partial charge is 0.491 e. The Morgan fingerprint density at radius 2 is 1.93 bits per heavy atom. The smallest absolute Gasteiger partial charge is 0.327 e. The lowest BCUT2D eigenvalue weighted by molar-refractivity contribution is 0.106. The van der Waals surface area contributed by atoms with Gasteiger partial charge in [-0.2, -0.15) is 0 Å². The molecule has 0 saturated carbocycles. The summed E-state index contributed by atoms with van der Waals surface area (Å²) in [4.78, 5) is 23.6. The van der Waals surface area contributed by atoms with E-state index in [2.05, 4.69) is 28.9 Å². The summed E-state index contributed by atoms with van der Waals surface area (Å²) in [5, 5.41) is 10.9. The number of aliphatic hydroxyl groups excluding tert-OH is 1. The van der Waals surface area contributed by atoms with E-state index in [-0.39, 0.29) is 30.6 Å². The summed E-state index contributed by atoms with van der Waals surface area (Å²) >= 11 is 6.00. The zero-order valence-electron chi connectivity index (χ0n) is 25.2. The van der Waals surface area contributed by atoms with Gasteiger partial charge in [-0.1, -0.05) is 29.8 Å². The van der Waals surface area contributed by atoms with Gasteiger partial charge in [0.1, 0.15) is 24.8 Å². The van der Waals surface area contributed by atoms with Gasteiger partial charge in [-0.15, -0.1) is 0 Å². The van der Waals surface area contributed by atoms with Crippen molar-refractivity contribution >= 4 is 23.3 Å². The summed E-state index contributed by atoms with van der Waals surface area (Å²) in [6.45, 7) is 7.03. The fourth-order valence-electron chi connectivity index (χ4n) is 5.62. The highest BCUT2D eigenvalue weighted by atomic mass is 35.5. The van der Waals surface area contributed by atoms with Crippen LogP contribution in [0.4, 0.5) is 14.9 Å². The molecule has 0 unspecified atom stereocenters. The maximum Gasteiger partial charge on any atom is 0.327 e. The maximum atomic E-state index is 14.4. The Morgan fingerprint density at radius 1 is 1.16 bits per heavy atom. The first-order chi connectivity index (χ1) is 21.2. The van der Waals surface area contributed by atoms with Crippen molar-refractivity contribution in [3.05, 3.63) is 101 Å². The van der Waals surface area contributed by atoms with Gasteiger partial charge in [0.2, 0.25) is 5.89 Å². The summed E-state index contributed by atoms with van der Waals surface area (Å²) in [7, 11) is 0. The third-order valence-electron chi connectivity index (χ3n) is 7.75. The van der Waals surface area contributed by atoms with Crippen molar-refractivity contribution in [3.8, 4) is 17.1 Å². The van der Waals surface area contributed by atoms with Gasteiger partial charge in [0.05, 0.1) is 12.3 Å². The molecule has 8 nitrogen and oxygen atoms in total. The zero-order chi connectivity index (χ0) is 31.2. The summed E-state index contributed by atoms with van der Waals surface area (Å²) in [5.41, 5.74) is 2.38. The van der Waals surface area contributed by atoms with Crippen LogP contribution in [0.5, 0.6) is 5.75 Å². The normalized spacial score (nSPS) is 17.1. The number of urea groups is 1. The third kappa shape index (κ3) is 7.77. The van der Waals surface area contributed by atoms with Crippen LogP contribution in [0.25, 0.3) is 11.3 Å². The van der Waals surface area contributed by atoms with Crippen LogP contribution in [0.2, 0.25) is 5.02 Å². The molecule has 1 aliphatic rings. The van der Waals surface area contributed by atoms with E-state index < -0.39 is 18.6 Å². The van der Waals surface area contributed by atoms with Crippen LogP contribution in [-0.2, 0) is 13.1 Å². The number of piperidine rings is 1. The van der Waals surface area contributed by atoms with E-state index in [1.165, 1.54) is 17.0 Å². The van der Waals surface area contributed by atoms with Crippen LogP contribution < -0.4 is 9.64 Å². The number of carbonyl (C=O) groups excluding carboxylic acids is 1. The molecule has 1 aliphatic heterocycles. The number of ether oxygens (including phenoxy) is 1. The van der Waals surface area contributed by atoms with Crippen LogP contribution in [0.15, 0.2) is 83.4 Å². The number of anilines is 1. The molecule has 10 heteroatoms. The van der Waals surface area contributed by atoms with Gasteiger partial charge in [0.25, 0.3) is 0 Å². The number of hydrogen-bond acceptors (Lipinski definition) is 6. The second-order valence-corrected chi connectivity index (χ2v) is 11.8. The second kappa shape index (κ2) is 14.2. The first-order valence-electron chi connectivity index (χ1n) is 14.8. The number of likely N-dealkylation sites (tertiary alicyclic amines) is 1. The van der Waals surface area contributed by atoms with E-state index >= 15 is 0 Å². The Morgan fingerprint density at radius 3 is 2.64 bits per heavy atom. The summed E-state index contributed by atoms with van der Waals surface area (Å²) in [5.74, 6) is 1.19. The van der Waals surface area contributed by atoms with Gasteiger partial charge < -0.3 is 14.3 Å². The lowest BCUT2D eigenvalue weighted by Gasteiger charge is -2.43. The molecule has 1 saturated heterocycles. The maximum absolute atomic E-state index is 14.4. The predicted octanol–water partition coefficient (Wildman–Crippen LogP) is 7.35. The van der Waals surface area contributed by atoms with Gasteiger partial charge in [0, 0.05) is 41.4 Å². The molecule has 4 aromatic rings. The highest BCUT2D eigenvalue weighted by Gasteiger charge is 2.35. The minimum absolute atomic E-state index is 0.0576. The summed E-state index contributed by atoms with van der Waals surface area (Å²) in [6.07, 6.45) is 3.01. The Labute approximate surface area is 262 Å². The van der Waals surface area contributed by atoms with Crippen LogP contribution >= 0.6 is 11.6 Å². The van der Waals surface area contributed by atoms with Gasteiger partial charge in [0.15, 0.2) is 5.76 Å². The molecule has 3 aromatic carbocycles. The molecule has 2 heterocycles. The fourth-order valence-corrected chi connectivity index (χ4v) is 5.74. The summed E-state index contributed by atoms with van der Waals surface area (Å²) < 4.78 is 26.2. The van der Waals surface area contributed by atoms with Crippen molar-refractivity contribution in [2.75, 3.05) is 18.2 Å². The second-order valence-electron chi connectivity index (χ2n) is 11.4. The minimum atomic E-state index is -0.563. The molecule has 0 bridgehead atoms. The zero-order valence-corrected chi connectivity index (χ0v) is 26.0. The van der Waals surface area contributed by atoms with Crippen LogP contribution in [-0.4, -0.2) is 57.4 Å². The number of rotatable bonds is 10. The number of oxazole rings is 1. The lowest BCUT2D eigenvalue weighted by Crippen LogP contribution is -2.54. The number of nitrogens with zero attached hydrogens (tertiary/aromatic N) is 4. The number of amides is 2. The van der Waals surface area contributed by atoms with Gasteiger partial charge in [-0.3, -0.25) is 14.7 Å². The van der Waals surface area contributed by atoms with Crippen molar-refractivity contribution in [1.82, 2.24) is 14.8 Å². The number of benzene rings is 3. The molecular formula is C34H38ClFN4O4. The van der Waals surface area contributed by atoms with Crippen molar-refractivity contribution in [2.24, 2.45) is 0 Å². The molecule has 232 valence electrons. The van der Waals surface area contributed by atoms with E-state index in [0.717, 1.165) is 30.0 Å². The Bertz CT molecular complexity index is 1550. The van der Waals surface area contributed by atoms with E-state index in [1.807, 2.05) is 38.1 Å². The molecule has 0 radical (unpaired) electrons. The highest BCUT2D eigenvalue weighted by Crippen LogP contribution is 2.30. The Hall–Kier alpha value is -3.92. The number of hydrogen-bond donors (Lipinski definition) is 1. The molecular weight excluding hydrogens is 583 g/mol. The minimum Gasteiger partial charge on any atom is -0.491 e. The standard InChI is InChI=1S/C34H38ClFN4O4/c1-23(2)43-31-9-4-6-25(17-31)20-38-15-14-30(16-24(38)3)40(29-8-5-7-28(36)18-29)34(42)39(22-41)21-33-37-19-32(44-33)26-10-12-27(35)13-11-26/h4-13,17-19,23-24,30,41H,14-16,20-22H2,1-3H3/t24-,30+/m0/s1. The third-order valence-corrected chi connectivity index (χ3v) is 8.00. The topological polar surface area (TPSA) is 82.3 Å². The molecule has 1 aromatic heterocycles. The van der Waals surface area contributed by atoms with Gasteiger partial charge in [-0.05, 0) is 93.8 Å². The van der Waals surface area contributed by atoms with Crippen molar-refractivity contribution in [1.29, 1.82) is 0 Å². The molecule has 1 N–H and O–H groups in total. The molecule has 1 fully saturated rings. The quantitative estimate of drug-likeness (QED) is 0.187. The van der Waals surface area contributed by atoms with Crippen molar-refractivity contribution in [3.63, 3.8) is 0 Å². The number of aliphatic hydroxyl groups is 1. The van der Waals surface area contributed by atoms with Gasteiger partial charge in [-0.25, -0.2) is 14.2 Å². The first kappa shape index (κ1) is 31.5. The molecule has 0 spiro atoms. The van der Waals surface area contributed by atoms with E-state index in [4.69, 9.17) is 20.8 Å². The average molecular weight is 621 g/mol. The predicted molar refractivity (Wildman–Crippen MR) is 169 cm³/mol. The fraction of sp³-hybridized carbons (Fsp3) is 0.353. The van der Waals surface area contributed by atoms with Crippen LogP contribution in [0, 0.1) is 5.82 Å². The van der Waals surface area contributed by atoms with Crippen LogP contribution in [0.1, 0.15) is 45.1 Å². The Kier molecular flexibility index (Phi) is 10.2. The SMILES string of the molecule is CC(C)Oc1cccc(CN2CC[C@@H](N(C(=O)N(CO)Cc3ncc(-c4ccc(Cl)cc4)o3)c3cccc(F)c3)C[C@@H]2C)c1. The van der Waals surface area contributed by atoms with E-state index in [1.54, 1.807) is 35.4 Å². The molecule has 5 rings (SSSR count). The lowest BCUT2D eigenvalue weighted by atomic mass is 9.95. The molecule has 2 atom stereocenters. The average Bonchev–Trinajstić information content (AvgIpc) is 3.46. The number of aromatic nitrogens is 1. The van der Waals surface area contributed by atoms with Crippen molar-refractivity contribution < 1.29 is 23.4 Å². The molecule has 0 aliphatic carbocycles. The van der Waals surface area contributed by atoms with E-state index in [9.17, 15) is 14.3 Å². The monoisotopic (exact) mass is 620 g/mol. The highest BCUT2D eigenvalue weighted by molar-refractivity contribution is 6.30.